The Morgan fingerprint density at radius 3 is 2.56 bits per heavy atom. The van der Waals surface area contributed by atoms with Crippen LogP contribution in [0.4, 0.5) is 0 Å². The van der Waals surface area contributed by atoms with E-state index in [1.165, 1.54) is 37.1 Å². The van der Waals surface area contributed by atoms with Crippen LogP contribution in [0.3, 0.4) is 0 Å². The average Bonchev–Trinajstić information content (AvgIpc) is 2.64. The van der Waals surface area contributed by atoms with Crippen LogP contribution in [0, 0.1) is 5.92 Å². The van der Waals surface area contributed by atoms with Gasteiger partial charge in [0.1, 0.15) is 5.65 Å². The molecule has 7 heteroatoms. The predicted octanol–water partition coefficient (Wildman–Crippen LogP) is 1.28. The third kappa shape index (κ3) is 3.23. The Morgan fingerprint density at radius 1 is 1.20 bits per heavy atom. The molecule has 2 aromatic rings. The number of carbonyl (C=O) groups is 1. The summed E-state index contributed by atoms with van der Waals surface area (Å²) < 4.78 is 2.35. The van der Waals surface area contributed by atoms with Gasteiger partial charge in [-0.25, -0.2) is 9.78 Å². The average molecular weight is 344 g/mol. The highest BCUT2D eigenvalue weighted by Gasteiger charge is 2.20. The summed E-state index contributed by atoms with van der Waals surface area (Å²) in [6.45, 7) is 0.724. The van der Waals surface area contributed by atoms with Crippen LogP contribution in [0.25, 0.3) is 11.0 Å². The standard InChI is InChI=1S/C18H24N4O3/c1-20(11-12-7-5-4-6-8-12)16(23)13-9-14-15(19-10-13)21(2)18(25)22(3)17(14)24/h9-10,12H,4-8,11H2,1-3H3. The van der Waals surface area contributed by atoms with E-state index in [-0.39, 0.29) is 11.3 Å². The SMILES string of the molecule is CN(CC1CCCCC1)C(=O)c1cnc2c(c1)c(=O)n(C)c(=O)n2C. The van der Waals surface area contributed by atoms with E-state index < -0.39 is 11.2 Å². The van der Waals surface area contributed by atoms with Crippen LogP contribution in [0.5, 0.6) is 0 Å². The Kier molecular flexibility index (Phi) is 4.74. The monoisotopic (exact) mass is 344 g/mol. The van der Waals surface area contributed by atoms with Crippen LogP contribution >= 0.6 is 0 Å². The Bertz CT molecular complexity index is 922. The summed E-state index contributed by atoms with van der Waals surface area (Å²) in [6.07, 6.45) is 7.51. The van der Waals surface area contributed by atoms with Crippen LogP contribution in [0.15, 0.2) is 21.9 Å². The zero-order chi connectivity index (χ0) is 18.1. The molecule has 1 fully saturated rings. The minimum Gasteiger partial charge on any atom is -0.341 e. The Balaban J connectivity index is 1.91. The molecule has 1 amide bonds. The van der Waals surface area contributed by atoms with E-state index in [1.54, 1.807) is 25.1 Å². The molecule has 0 aromatic carbocycles. The molecule has 134 valence electrons. The molecular weight excluding hydrogens is 320 g/mol. The zero-order valence-corrected chi connectivity index (χ0v) is 15.0. The lowest BCUT2D eigenvalue weighted by molar-refractivity contribution is 0.0760. The van der Waals surface area contributed by atoms with E-state index in [0.29, 0.717) is 17.1 Å². The van der Waals surface area contributed by atoms with Crippen LogP contribution in [0.1, 0.15) is 42.5 Å². The summed E-state index contributed by atoms with van der Waals surface area (Å²) in [4.78, 5) is 42.9. The fourth-order valence-electron chi connectivity index (χ4n) is 3.64. The third-order valence-corrected chi connectivity index (χ3v) is 5.14. The van der Waals surface area contributed by atoms with Gasteiger partial charge in [-0.2, -0.15) is 0 Å². The van der Waals surface area contributed by atoms with Crippen molar-refractivity contribution < 1.29 is 4.79 Å². The highest BCUT2D eigenvalue weighted by atomic mass is 16.2. The topological polar surface area (TPSA) is 77.2 Å². The molecule has 3 rings (SSSR count). The van der Waals surface area contributed by atoms with E-state index in [9.17, 15) is 14.4 Å². The molecule has 0 unspecified atom stereocenters. The summed E-state index contributed by atoms with van der Waals surface area (Å²) in [7, 11) is 4.78. The molecule has 0 N–H and O–H groups in total. The van der Waals surface area contributed by atoms with Gasteiger partial charge in [-0.15, -0.1) is 0 Å². The Morgan fingerprint density at radius 2 is 1.88 bits per heavy atom. The highest BCUT2D eigenvalue weighted by Crippen LogP contribution is 2.24. The van der Waals surface area contributed by atoms with Gasteiger partial charge in [-0.3, -0.25) is 18.7 Å². The van der Waals surface area contributed by atoms with E-state index in [2.05, 4.69) is 4.98 Å². The van der Waals surface area contributed by atoms with Crippen molar-refractivity contribution in [2.75, 3.05) is 13.6 Å². The first-order valence-corrected chi connectivity index (χ1v) is 8.71. The lowest BCUT2D eigenvalue weighted by Gasteiger charge is -2.27. The second-order valence-corrected chi connectivity index (χ2v) is 6.99. The Labute approximate surface area is 145 Å². The molecule has 1 saturated carbocycles. The molecule has 0 atom stereocenters. The fraction of sp³-hybridized carbons (Fsp3) is 0.556. The summed E-state index contributed by atoms with van der Waals surface area (Å²) in [5, 5.41) is 0.279. The number of hydrogen-bond donors (Lipinski definition) is 0. The minimum atomic E-state index is -0.435. The lowest BCUT2D eigenvalue weighted by atomic mass is 9.89. The van der Waals surface area contributed by atoms with E-state index in [1.807, 2.05) is 0 Å². The lowest BCUT2D eigenvalue weighted by Crippen LogP contribution is -2.37. The van der Waals surface area contributed by atoms with Gasteiger partial charge >= 0.3 is 5.69 Å². The van der Waals surface area contributed by atoms with Crippen LogP contribution in [-0.4, -0.2) is 38.5 Å². The van der Waals surface area contributed by atoms with E-state index >= 15 is 0 Å². The molecule has 1 aliphatic carbocycles. The maximum absolute atomic E-state index is 12.7. The van der Waals surface area contributed by atoms with Gasteiger partial charge in [-0.05, 0) is 24.8 Å². The highest BCUT2D eigenvalue weighted by molar-refractivity contribution is 5.96. The molecule has 2 heterocycles. The van der Waals surface area contributed by atoms with Gasteiger partial charge in [0.25, 0.3) is 11.5 Å². The number of pyridine rings is 1. The van der Waals surface area contributed by atoms with E-state index in [0.717, 1.165) is 24.0 Å². The van der Waals surface area contributed by atoms with Crippen molar-refractivity contribution in [1.29, 1.82) is 0 Å². The molecule has 2 aromatic heterocycles. The first-order chi connectivity index (χ1) is 11.9. The van der Waals surface area contributed by atoms with Gasteiger partial charge < -0.3 is 4.90 Å². The predicted molar refractivity (Wildman–Crippen MR) is 95.8 cm³/mol. The summed E-state index contributed by atoms with van der Waals surface area (Å²) in [6, 6.07) is 1.55. The van der Waals surface area contributed by atoms with E-state index in [4.69, 9.17) is 0 Å². The van der Waals surface area contributed by atoms with Gasteiger partial charge in [0.15, 0.2) is 0 Å². The first-order valence-electron chi connectivity index (χ1n) is 8.71. The van der Waals surface area contributed by atoms with Crippen LogP contribution in [-0.2, 0) is 14.1 Å². The third-order valence-electron chi connectivity index (χ3n) is 5.14. The maximum Gasteiger partial charge on any atom is 0.332 e. The smallest absolute Gasteiger partial charge is 0.332 e. The first kappa shape index (κ1) is 17.4. The molecule has 0 bridgehead atoms. The largest absolute Gasteiger partial charge is 0.341 e. The van der Waals surface area contributed by atoms with Crippen molar-refractivity contribution in [1.82, 2.24) is 19.0 Å². The normalized spacial score (nSPS) is 15.5. The molecule has 0 radical (unpaired) electrons. The number of aryl methyl sites for hydroxylation is 1. The number of nitrogens with zero attached hydrogens (tertiary/aromatic N) is 4. The van der Waals surface area contributed by atoms with Gasteiger partial charge in [0.05, 0.1) is 10.9 Å². The molecule has 0 spiro atoms. The minimum absolute atomic E-state index is 0.143. The maximum atomic E-state index is 12.7. The van der Waals surface area contributed by atoms with Crippen LogP contribution < -0.4 is 11.2 Å². The van der Waals surface area contributed by atoms with Crippen molar-refractivity contribution in [2.45, 2.75) is 32.1 Å². The second kappa shape index (κ2) is 6.82. The van der Waals surface area contributed by atoms with Crippen molar-refractivity contribution in [3.8, 4) is 0 Å². The van der Waals surface area contributed by atoms with Crippen molar-refractivity contribution in [2.24, 2.45) is 20.0 Å². The number of hydrogen-bond acceptors (Lipinski definition) is 4. The Hall–Kier alpha value is -2.44. The number of fused-ring (bicyclic) bond motifs is 1. The number of amides is 1. The number of carbonyl (C=O) groups excluding carboxylic acids is 1. The molecule has 25 heavy (non-hydrogen) atoms. The zero-order valence-electron chi connectivity index (χ0n) is 15.0. The summed E-state index contributed by atoms with van der Waals surface area (Å²) >= 11 is 0. The quantitative estimate of drug-likeness (QED) is 0.840. The van der Waals surface area contributed by atoms with Crippen LogP contribution in [0.2, 0.25) is 0 Å². The van der Waals surface area contributed by atoms with Gasteiger partial charge in [0.2, 0.25) is 0 Å². The summed E-state index contributed by atoms with van der Waals surface area (Å²) in [5.41, 5.74) is -0.199. The van der Waals surface area contributed by atoms with Gasteiger partial charge in [-0.1, -0.05) is 19.3 Å². The molecule has 7 nitrogen and oxygen atoms in total. The molecule has 0 saturated heterocycles. The number of aromatic nitrogens is 3. The number of rotatable bonds is 3. The second-order valence-electron chi connectivity index (χ2n) is 6.99. The molecule has 0 aliphatic heterocycles. The van der Waals surface area contributed by atoms with Gasteiger partial charge in [0, 0.05) is 33.9 Å². The molecular formula is C18H24N4O3. The van der Waals surface area contributed by atoms with Crippen molar-refractivity contribution in [3.05, 3.63) is 38.7 Å². The summed E-state index contributed by atoms with van der Waals surface area (Å²) in [5.74, 6) is 0.403. The fourth-order valence-corrected chi connectivity index (χ4v) is 3.64. The van der Waals surface area contributed by atoms with Crippen molar-refractivity contribution >= 4 is 16.9 Å². The molecule has 1 aliphatic rings. The van der Waals surface area contributed by atoms with Crippen molar-refractivity contribution in [3.63, 3.8) is 0 Å².